The number of benzene rings is 1. The highest BCUT2D eigenvalue weighted by Gasteiger charge is 2.40. The average molecular weight is 360 g/mol. The Morgan fingerprint density at radius 3 is 2.76 bits per heavy atom. The molecule has 132 valence electrons. The van der Waals surface area contributed by atoms with Crippen molar-refractivity contribution in [2.24, 2.45) is 5.92 Å². The molecule has 3 saturated heterocycles. The van der Waals surface area contributed by atoms with E-state index in [2.05, 4.69) is 17.1 Å². The number of hydrogen-bond donors (Lipinski definition) is 2. The van der Waals surface area contributed by atoms with Crippen molar-refractivity contribution in [3.05, 3.63) is 41.0 Å². The molecule has 2 atom stereocenters. The van der Waals surface area contributed by atoms with E-state index in [1.54, 1.807) is 24.3 Å². The number of hydrogen-bond acceptors (Lipinski definition) is 4. The molecule has 25 heavy (non-hydrogen) atoms. The highest BCUT2D eigenvalue weighted by molar-refractivity contribution is 7.17. The molecule has 3 aliphatic rings. The number of carbonyl (C=O) groups excluding carboxylic acids is 1. The van der Waals surface area contributed by atoms with Gasteiger partial charge in [-0.1, -0.05) is 6.07 Å². The van der Waals surface area contributed by atoms with Gasteiger partial charge in [-0.2, -0.15) is 0 Å². The Morgan fingerprint density at radius 2 is 2.04 bits per heavy atom. The second kappa shape index (κ2) is 6.42. The number of nitrogens with one attached hydrogen (secondary N) is 1. The third-order valence-electron chi connectivity index (χ3n) is 5.56. The lowest BCUT2D eigenvalue weighted by molar-refractivity contribution is 0.0218. The Labute approximate surface area is 150 Å². The number of phenols is 1. The van der Waals surface area contributed by atoms with Crippen LogP contribution in [0.2, 0.25) is 0 Å². The van der Waals surface area contributed by atoms with Crippen molar-refractivity contribution in [1.29, 1.82) is 0 Å². The van der Waals surface area contributed by atoms with E-state index >= 15 is 0 Å². The van der Waals surface area contributed by atoms with Gasteiger partial charge < -0.3 is 10.4 Å². The molecular weight excluding hydrogens is 339 g/mol. The van der Waals surface area contributed by atoms with Crippen LogP contribution in [0.5, 0.6) is 5.75 Å². The zero-order valence-corrected chi connectivity index (χ0v) is 14.9. The number of fused-ring (bicyclic) bond motifs is 3. The van der Waals surface area contributed by atoms with Crippen LogP contribution in [0.4, 0.5) is 4.39 Å². The van der Waals surface area contributed by atoms with E-state index in [0.29, 0.717) is 27.3 Å². The second-order valence-electron chi connectivity index (χ2n) is 6.91. The summed E-state index contributed by atoms with van der Waals surface area (Å²) in [5.74, 6) is -0.561. The van der Waals surface area contributed by atoms with Gasteiger partial charge in [0.15, 0.2) is 11.6 Å². The summed E-state index contributed by atoms with van der Waals surface area (Å²) in [5, 5.41) is 13.1. The van der Waals surface area contributed by atoms with Crippen LogP contribution in [0.15, 0.2) is 30.3 Å². The van der Waals surface area contributed by atoms with E-state index in [0.717, 1.165) is 25.9 Å². The van der Waals surface area contributed by atoms with E-state index in [-0.39, 0.29) is 17.7 Å². The largest absolute Gasteiger partial charge is 0.504 e. The monoisotopic (exact) mass is 360 g/mol. The molecule has 0 aliphatic carbocycles. The van der Waals surface area contributed by atoms with E-state index in [9.17, 15) is 14.3 Å². The van der Waals surface area contributed by atoms with Crippen LogP contribution < -0.4 is 5.32 Å². The van der Waals surface area contributed by atoms with E-state index in [4.69, 9.17) is 0 Å². The molecule has 2 aromatic rings. The van der Waals surface area contributed by atoms with E-state index in [1.165, 1.54) is 17.4 Å². The molecule has 5 rings (SSSR count). The highest BCUT2D eigenvalue weighted by atomic mass is 32.1. The van der Waals surface area contributed by atoms with Crippen molar-refractivity contribution < 1.29 is 14.3 Å². The maximum absolute atomic E-state index is 13.5. The molecule has 4 nitrogen and oxygen atoms in total. The fraction of sp³-hybridized carbons (Fsp3) is 0.421. The first-order valence-corrected chi connectivity index (χ1v) is 9.49. The molecule has 1 aromatic carbocycles. The van der Waals surface area contributed by atoms with Gasteiger partial charge in [0.25, 0.3) is 5.91 Å². The van der Waals surface area contributed by atoms with Crippen molar-refractivity contribution in [3.8, 4) is 16.2 Å². The van der Waals surface area contributed by atoms with Crippen LogP contribution in [0.3, 0.4) is 0 Å². The van der Waals surface area contributed by atoms with Gasteiger partial charge in [-0.05, 0) is 63.0 Å². The van der Waals surface area contributed by atoms with Crippen LogP contribution in [0.25, 0.3) is 10.4 Å². The van der Waals surface area contributed by atoms with Gasteiger partial charge in [0.1, 0.15) is 0 Å². The fourth-order valence-corrected chi connectivity index (χ4v) is 5.02. The number of para-hydroxylation sites is 1. The predicted molar refractivity (Wildman–Crippen MR) is 96.4 cm³/mol. The summed E-state index contributed by atoms with van der Waals surface area (Å²) in [6, 6.07) is 8.47. The molecule has 3 aliphatic heterocycles. The topological polar surface area (TPSA) is 52.6 Å². The zero-order chi connectivity index (χ0) is 17.6. The van der Waals surface area contributed by atoms with Gasteiger partial charge in [-0.25, -0.2) is 4.39 Å². The van der Waals surface area contributed by atoms with Crippen molar-refractivity contribution >= 4 is 17.2 Å². The first-order valence-electron chi connectivity index (χ1n) is 8.67. The van der Waals surface area contributed by atoms with Gasteiger partial charge in [0.05, 0.1) is 4.88 Å². The van der Waals surface area contributed by atoms with Gasteiger partial charge >= 0.3 is 0 Å². The highest BCUT2D eigenvalue weighted by Crippen LogP contribution is 2.36. The average Bonchev–Trinajstić information content (AvgIpc) is 3.11. The third kappa shape index (κ3) is 2.93. The normalized spacial score (nSPS) is 28.1. The number of thiophene rings is 1. The lowest BCUT2D eigenvalue weighted by atomic mass is 9.79. The molecular formula is C19H21FN2O2S. The van der Waals surface area contributed by atoms with Crippen LogP contribution in [-0.4, -0.2) is 41.1 Å². The summed E-state index contributed by atoms with van der Waals surface area (Å²) in [5.41, 5.74) is 0.417. The molecule has 1 aromatic heterocycles. The Kier molecular flexibility index (Phi) is 4.25. The van der Waals surface area contributed by atoms with Crippen molar-refractivity contribution in [2.75, 3.05) is 13.1 Å². The Hall–Kier alpha value is -1.92. The molecule has 1 amide bonds. The number of nitrogens with zero attached hydrogens (tertiary/aromatic N) is 1. The Bertz CT molecular complexity index is 796. The van der Waals surface area contributed by atoms with Crippen molar-refractivity contribution in [1.82, 2.24) is 10.2 Å². The first-order chi connectivity index (χ1) is 12.0. The number of carbonyl (C=O) groups is 1. The summed E-state index contributed by atoms with van der Waals surface area (Å²) in [7, 11) is 0. The molecule has 4 heterocycles. The summed E-state index contributed by atoms with van der Waals surface area (Å²) < 4.78 is 13.5. The minimum atomic E-state index is -0.655. The number of aromatic hydroxyl groups is 1. The number of halogens is 1. The maximum atomic E-state index is 13.5. The van der Waals surface area contributed by atoms with Gasteiger partial charge in [0.2, 0.25) is 0 Å². The minimum absolute atomic E-state index is 0.0854. The molecule has 2 bridgehead atoms. The molecule has 0 spiro atoms. The molecule has 0 saturated carbocycles. The van der Waals surface area contributed by atoms with Gasteiger partial charge in [-0.3, -0.25) is 9.69 Å². The molecule has 3 fully saturated rings. The molecule has 0 radical (unpaired) electrons. The van der Waals surface area contributed by atoms with Gasteiger partial charge in [-0.15, -0.1) is 11.3 Å². The third-order valence-corrected chi connectivity index (χ3v) is 6.67. The lowest BCUT2D eigenvalue weighted by Crippen LogP contribution is -2.62. The molecule has 0 unspecified atom stereocenters. The van der Waals surface area contributed by atoms with Crippen LogP contribution >= 0.6 is 11.3 Å². The first kappa shape index (κ1) is 16.5. The second-order valence-corrected chi connectivity index (χ2v) is 8.00. The number of amides is 1. The number of rotatable bonds is 3. The quantitative estimate of drug-likeness (QED) is 0.881. The summed E-state index contributed by atoms with van der Waals surface area (Å²) in [6.07, 6.45) is 2.28. The Morgan fingerprint density at radius 1 is 1.28 bits per heavy atom. The van der Waals surface area contributed by atoms with E-state index < -0.39 is 5.82 Å². The SMILES string of the molecule is C[C@H]1[C@H](NC(=O)c2ccc(-c3cccc(F)c3O)s2)C2CCN1CC2. The summed E-state index contributed by atoms with van der Waals surface area (Å²) >= 11 is 1.27. The molecule has 6 heteroatoms. The van der Waals surface area contributed by atoms with Crippen molar-refractivity contribution in [2.45, 2.75) is 31.8 Å². The van der Waals surface area contributed by atoms with Crippen LogP contribution in [-0.2, 0) is 0 Å². The van der Waals surface area contributed by atoms with Gasteiger partial charge in [0, 0.05) is 22.5 Å². The summed E-state index contributed by atoms with van der Waals surface area (Å²) in [4.78, 5) is 16.4. The predicted octanol–water partition coefficient (Wildman–Crippen LogP) is 3.47. The van der Waals surface area contributed by atoms with Crippen LogP contribution in [0, 0.1) is 11.7 Å². The fourth-order valence-electron chi connectivity index (χ4n) is 4.09. The van der Waals surface area contributed by atoms with Crippen LogP contribution in [0.1, 0.15) is 29.4 Å². The zero-order valence-electron chi connectivity index (χ0n) is 14.0. The van der Waals surface area contributed by atoms with E-state index in [1.807, 2.05) is 0 Å². The molecule has 2 N–H and O–H groups in total. The summed E-state index contributed by atoms with van der Waals surface area (Å²) in [6.45, 7) is 4.43. The van der Waals surface area contributed by atoms with Crippen molar-refractivity contribution in [3.63, 3.8) is 0 Å². The smallest absolute Gasteiger partial charge is 0.261 e. The minimum Gasteiger partial charge on any atom is -0.504 e. The maximum Gasteiger partial charge on any atom is 0.261 e. The standard InChI is InChI=1S/C19H21FN2O2S/c1-11-17(12-7-9-22(11)10-8-12)21-19(24)16-6-5-15(25-16)13-3-2-4-14(20)18(13)23/h2-6,11-12,17,23H,7-10H2,1H3,(H,21,24)/t11-,17-/m0/s1. The number of piperidine rings is 3. The number of phenolic OH excluding ortho intramolecular Hbond substituents is 1. The lowest BCUT2D eigenvalue weighted by Gasteiger charge is -2.49. The Balaban J connectivity index is 1.52.